The van der Waals surface area contributed by atoms with Gasteiger partial charge in [0, 0.05) is 21.8 Å². The molecule has 102 valence electrons. The second-order valence-corrected chi connectivity index (χ2v) is 7.08. The average molecular weight is 358 g/mol. The average Bonchev–Trinajstić information content (AvgIpc) is 2.87. The maximum Gasteiger partial charge on any atom is 0.174 e. The van der Waals surface area contributed by atoms with Crippen molar-refractivity contribution in [1.29, 1.82) is 0 Å². The van der Waals surface area contributed by atoms with Crippen LogP contribution in [-0.4, -0.2) is 16.4 Å². The molecule has 6 heteroatoms. The third-order valence-electron chi connectivity index (χ3n) is 2.83. The van der Waals surface area contributed by atoms with Gasteiger partial charge in [0.05, 0.1) is 0 Å². The van der Waals surface area contributed by atoms with Crippen molar-refractivity contribution in [2.75, 3.05) is 7.05 Å². The van der Waals surface area contributed by atoms with Gasteiger partial charge >= 0.3 is 0 Å². The summed E-state index contributed by atoms with van der Waals surface area (Å²) in [6.07, 6.45) is 0.886. The van der Waals surface area contributed by atoms with E-state index in [1.807, 2.05) is 7.05 Å². The molecule has 1 aromatic heterocycles. The van der Waals surface area contributed by atoms with Crippen LogP contribution in [0.15, 0.2) is 31.9 Å². The molecule has 0 aliphatic carbocycles. The molecule has 0 amide bonds. The summed E-state index contributed by atoms with van der Waals surface area (Å²) in [5, 5.41) is 3.28. The Labute approximate surface area is 130 Å². The normalized spacial score (nSPS) is 12.6. The van der Waals surface area contributed by atoms with Gasteiger partial charge in [-0.1, -0.05) is 34.6 Å². The monoisotopic (exact) mass is 357 g/mol. The van der Waals surface area contributed by atoms with Crippen LogP contribution in [0.25, 0.3) is 0 Å². The molecule has 0 spiro atoms. The van der Waals surface area contributed by atoms with E-state index in [0.29, 0.717) is 6.04 Å². The Morgan fingerprint density at radius 2 is 2.26 bits per heavy atom. The van der Waals surface area contributed by atoms with Gasteiger partial charge < -0.3 is 5.32 Å². The summed E-state index contributed by atoms with van der Waals surface area (Å²) in [7, 11) is 1.97. The molecule has 0 aliphatic heterocycles. The van der Waals surface area contributed by atoms with Crippen LogP contribution in [0.2, 0.25) is 0 Å². The first-order chi connectivity index (χ1) is 9.13. The molecule has 1 atom stereocenters. The van der Waals surface area contributed by atoms with Gasteiger partial charge in [-0.2, -0.15) is 4.37 Å². The third kappa shape index (κ3) is 3.78. The molecule has 19 heavy (non-hydrogen) atoms. The Kier molecular flexibility index (Phi) is 5.38. The molecule has 1 aromatic carbocycles. The van der Waals surface area contributed by atoms with Crippen molar-refractivity contribution in [2.24, 2.45) is 0 Å². The fourth-order valence-corrected chi connectivity index (χ4v) is 3.86. The van der Waals surface area contributed by atoms with Gasteiger partial charge in [-0.05, 0) is 49.3 Å². The molecule has 1 N–H and O–H groups in total. The summed E-state index contributed by atoms with van der Waals surface area (Å²) in [6.45, 7) is 4.23. The zero-order chi connectivity index (χ0) is 13.8. The van der Waals surface area contributed by atoms with Crippen LogP contribution >= 0.6 is 39.2 Å². The Morgan fingerprint density at radius 1 is 1.47 bits per heavy atom. The predicted octanol–water partition coefficient (Wildman–Crippen LogP) is 4.29. The van der Waals surface area contributed by atoms with Gasteiger partial charge in [0.15, 0.2) is 4.34 Å². The Hall–Kier alpha value is -0.430. The van der Waals surface area contributed by atoms with Crippen molar-refractivity contribution in [1.82, 2.24) is 14.7 Å². The number of hydrogen-bond donors (Lipinski definition) is 1. The summed E-state index contributed by atoms with van der Waals surface area (Å²) in [4.78, 5) is 5.74. The van der Waals surface area contributed by atoms with Crippen LogP contribution in [-0.2, 0) is 6.42 Å². The Balaban J connectivity index is 2.28. The second kappa shape index (κ2) is 6.83. The van der Waals surface area contributed by atoms with Gasteiger partial charge in [-0.15, -0.1) is 0 Å². The molecule has 0 aliphatic rings. The first-order valence-electron chi connectivity index (χ1n) is 6.11. The minimum absolute atomic E-state index is 0.304. The van der Waals surface area contributed by atoms with Crippen molar-refractivity contribution in [3.8, 4) is 0 Å². The number of nitrogens with one attached hydrogen (secondary N) is 1. The maximum atomic E-state index is 4.51. The fraction of sp³-hybridized carbons (Fsp3) is 0.385. The lowest BCUT2D eigenvalue weighted by Crippen LogP contribution is -2.13. The number of benzene rings is 1. The summed E-state index contributed by atoms with van der Waals surface area (Å²) >= 11 is 6.69. The van der Waals surface area contributed by atoms with E-state index < -0.39 is 0 Å². The van der Waals surface area contributed by atoms with Gasteiger partial charge in [-0.3, -0.25) is 0 Å². The fourth-order valence-electron chi connectivity index (χ4n) is 1.62. The number of aryl methyl sites for hydroxylation is 1. The highest BCUT2D eigenvalue weighted by Gasteiger charge is 2.13. The molecule has 0 saturated carbocycles. The molecule has 2 aromatic rings. The van der Waals surface area contributed by atoms with Crippen molar-refractivity contribution in [2.45, 2.75) is 35.5 Å². The first-order valence-corrected chi connectivity index (χ1v) is 8.49. The highest BCUT2D eigenvalue weighted by Crippen LogP contribution is 2.35. The number of rotatable bonds is 5. The largest absolute Gasteiger partial charge is 0.313 e. The zero-order valence-corrected chi connectivity index (χ0v) is 14.3. The van der Waals surface area contributed by atoms with Crippen molar-refractivity contribution < 1.29 is 0 Å². The minimum atomic E-state index is 0.304. The van der Waals surface area contributed by atoms with Crippen LogP contribution in [0, 0.1) is 0 Å². The maximum absolute atomic E-state index is 4.51. The number of aromatic nitrogens is 2. The number of nitrogens with zero attached hydrogens (tertiary/aromatic N) is 2. The van der Waals surface area contributed by atoms with E-state index in [0.717, 1.165) is 21.1 Å². The summed E-state index contributed by atoms with van der Waals surface area (Å²) in [6, 6.07) is 6.66. The number of halogens is 1. The minimum Gasteiger partial charge on any atom is -0.313 e. The smallest absolute Gasteiger partial charge is 0.174 e. The second-order valence-electron chi connectivity index (χ2n) is 4.12. The molecule has 3 nitrogen and oxygen atoms in total. The van der Waals surface area contributed by atoms with Gasteiger partial charge in [0.25, 0.3) is 0 Å². The lowest BCUT2D eigenvalue weighted by atomic mass is 10.1. The van der Waals surface area contributed by atoms with Crippen molar-refractivity contribution >= 4 is 39.2 Å². The van der Waals surface area contributed by atoms with Gasteiger partial charge in [0.2, 0.25) is 0 Å². The standard InChI is InChI=1S/C13H16BrN3S2/c1-4-12-16-13(19-17-12)18-11-6-5-9(14)7-10(11)8(2)15-3/h5-8,15H,4H2,1-3H3. The van der Waals surface area contributed by atoms with Crippen LogP contribution in [0.3, 0.4) is 0 Å². The van der Waals surface area contributed by atoms with Crippen LogP contribution in [0.4, 0.5) is 0 Å². The molecule has 0 bridgehead atoms. The van der Waals surface area contributed by atoms with Crippen LogP contribution < -0.4 is 5.32 Å². The highest BCUT2D eigenvalue weighted by atomic mass is 79.9. The third-order valence-corrected chi connectivity index (χ3v) is 5.21. The SMILES string of the molecule is CCc1nsc(Sc2ccc(Br)cc2C(C)NC)n1. The lowest BCUT2D eigenvalue weighted by Gasteiger charge is -2.15. The molecule has 0 fully saturated rings. The molecule has 0 saturated heterocycles. The van der Waals surface area contributed by atoms with E-state index in [1.165, 1.54) is 22.0 Å². The van der Waals surface area contributed by atoms with Crippen LogP contribution in [0.1, 0.15) is 31.3 Å². The number of hydrogen-bond acceptors (Lipinski definition) is 5. The molecule has 2 rings (SSSR count). The zero-order valence-electron chi connectivity index (χ0n) is 11.1. The summed E-state index contributed by atoms with van der Waals surface area (Å²) in [5.74, 6) is 0.924. The first kappa shape index (κ1) is 15.0. The highest BCUT2D eigenvalue weighted by molar-refractivity contribution is 9.10. The molecule has 1 unspecified atom stereocenters. The van der Waals surface area contributed by atoms with E-state index in [4.69, 9.17) is 0 Å². The topological polar surface area (TPSA) is 37.8 Å². The predicted molar refractivity (Wildman–Crippen MR) is 85.0 cm³/mol. The van der Waals surface area contributed by atoms with Crippen molar-refractivity contribution in [3.63, 3.8) is 0 Å². The summed E-state index contributed by atoms with van der Waals surface area (Å²) < 4.78 is 6.43. The van der Waals surface area contributed by atoms with Gasteiger partial charge in [-0.25, -0.2) is 4.98 Å². The Bertz CT molecular complexity index is 557. The van der Waals surface area contributed by atoms with Gasteiger partial charge in [0.1, 0.15) is 5.82 Å². The van der Waals surface area contributed by atoms with E-state index in [2.05, 4.69) is 62.7 Å². The van der Waals surface area contributed by atoms with E-state index in [-0.39, 0.29) is 0 Å². The Morgan fingerprint density at radius 3 is 2.89 bits per heavy atom. The molecule has 0 radical (unpaired) electrons. The molecular formula is C13H16BrN3S2. The lowest BCUT2D eigenvalue weighted by molar-refractivity contribution is 0.641. The van der Waals surface area contributed by atoms with Crippen LogP contribution in [0.5, 0.6) is 0 Å². The van der Waals surface area contributed by atoms with Crippen molar-refractivity contribution in [3.05, 3.63) is 34.1 Å². The summed E-state index contributed by atoms with van der Waals surface area (Å²) in [5.41, 5.74) is 1.27. The van der Waals surface area contributed by atoms with E-state index >= 15 is 0 Å². The molecule has 1 heterocycles. The quantitative estimate of drug-likeness (QED) is 0.865. The molecular weight excluding hydrogens is 342 g/mol. The van der Waals surface area contributed by atoms with E-state index in [1.54, 1.807) is 11.8 Å². The van der Waals surface area contributed by atoms with E-state index in [9.17, 15) is 0 Å².